The highest BCUT2D eigenvalue weighted by atomic mass is 16.7. The highest BCUT2D eigenvalue weighted by molar-refractivity contribution is 5.69. The average molecular weight is 777 g/mol. The predicted octanol–water partition coefficient (Wildman–Crippen LogP) is 14.9. The van der Waals surface area contributed by atoms with Crippen LogP contribution in [-0.2, 0) is 28.5 Å². The van der Waals surface area contributed by atoms with Crippen molar-refractivity contribution in [2.75, 3.05) is 19.8 Å². The Hall–Kier alpha value is -2.31. The van der Waals surface area contributed by atoms with Crippen LogP contribution in [0, 0.1) is 5.92 Å². The van der Waals surface area contributed by atoms with Crippen molar-refractivity contribution in [2.24, 2.45) is 5.92 Å². The van der Waals surface area contributed by atoms with Gasteiger partial charge in [-0.25, -0.2) is 4.79 Å². The van der Waals surface area contributed by atoms with Crippen LogP contribution < -0.4 is 0 Å². The summed E-state index contributed by atoms with van der Waals surface area (Å²) in [6.45, 7) is 9.35. The van der Waals surface area contributed by atoms with Crippen LogP contribution in [0.15, 0.2) is 24.3 Å². The quantitative estimate of drug-likeness (QED) is 0.0264. The Bertz CT molecular complexity index is 898. The Labute approximate surface area is 339 Å². The third-order valence-corrected chi connectivity index (χ3v) is 10.1. The smallest absolute Gasteiger partial charge is 0.465 e. The summed E-state index contributed by atoms with van der Waals surface area (Å²) in [5.74, 6) is -0.410. The molecule has 0 spiro atoms. The number of unbranched alkanes of at least 4 members (excludes halogenated alkanes) is 22. The molecule has 0 amide bonds. The van der Waals surface area contributed by atoms with Crippen molar-refractivity contribution in [3.8, 4) is 0 Å². The first kappa shape index (κ1) is 52.7. The molecular formula is C48H88O7. The number of esters is 2. The number of hydrogen-bond donors (Lipinski definition) is 0. The van der Waals surface area contributed by atoms with Crippen LogP contribution in [0.3, 0.4) is 0 Å². The third-order valence-electron chi connectivity index (χ3n) is 10.1. The molecule has 0 bridgehead atoms. The number of carbonyl (C=O) groups is 3. The predicted molar refractivity (Wildman–Crippen MR) is 230 cm³/mol. The van der Waals surface area contributed by atoms with Crippen molar-refractivity contribution >= 4 is 18.1 Å². The van der Waals surface area contributed by atoms with Gasteiger partial charge in [-0.3, -0.25) is 9.59 Å². The summed E-state index contributed by atoms with van der Waals surface area (Å²) in [7, 11) is 0. The first-order valence-electron chi connectivity index (χ1n) is 23.4. The maximum Gasteiger partial charge on any atom is 0.508 e. The highest BCUT2D eigenvalue weighted by Crippen LogP contribution is 2.18. The molecule has 7 nitrogen and oxygen atoms in total. The zero-order chi connectivity index (χ0) is 40.3. The van der Waals surface area contributed by atoms with Crippen molar-refractivity contribution in [1.29, 1.82) is 0 Å². The Morgan fingerprint density at radius 2 is 0.891 bits per heavy atom. The molecule has 0 aromatic rings. The Kier molecular flexibility index (Phi) is 41.0. The van der Waals surface area contributed by atoms with Crippen LogP contribution in [0.25, 0.3) is 0 Å². The molecule has 0 saturated heterocycles. The lowest BCUT2D eigenvalue weighted by molar-refractivity contribution is -0.150. The summed E-state index contributed by atoms with van der Waals surface area (Å²) < 4.78 is 21.8. The Morgan fingerprint density at radius 3 is 1.47 bits per heavy atom. The van der Waals surface area contributed by atoms with Gasteiger partial charge in [0.05, 0.1) is 13.2 Å². The Morgan fingerprint density at radius 1 is 0.455 bits per heavy atom. The van der Waals surface area contributed by atoms with Crippen LogP contribution in [0.4, 0.5) is 4.79 Å². The second-order valence-corrected chi connectivity index (χ2v) is 15.9. The van der Waals surface area contributed by atoms with Gasteiger partial charge in [0.1, 0.15) is 12.7 Å². The molecule has 1 unspecified atom stereocenters. The monoisotopic (exact) mass is 777 g/mol. The third kappa shape index (κ3) is 41.2. The fourth-order valence-corrected chi connectivity index (χ4v) is 6.56. The number of ether oxygens (including phenoxy) is 4. The van der Waals surface area contributed by atoms with Gasteiger partial charge in [-0.2, -0.15) is 0 Å². The lowest BCUT2D eigenvalue weighted by atomic mass is 10.0. The van der Waals surface area contributed by atoms with Gasteiger partial charge in [-0.05, 0) is 77.0 Å². The lowest BCUT2D eigenvalue weighted by Gasteiger charge is -2.18. The molecule has 0 N–H and O–H groups in total. The first-order valence-corrected chi connectivity index (χ1v) is 23.4. The molecule has 55 heavy (non-hydrogen) atoms. The van der Waals surface area contributed by atoms with E-state index in [-0.39, 0.29) is 37.2 Å². The van der Waals surface area contributed by atoms with Crippen molar-refractivity contribution in [3.05, 3.63) is 24.3 Å². The van der Waals surface area contributed by atoms with Gasteiger partial charge < -0.3 is 18.9 Å². The molecule has 0 aliphatic rings. The average Bonchev–Trinajstić information content (AvgIpc) is 3.18. The van der Waals surface area contributed by atoms with Crippen molar-refractivity contribution in [3.63, 3.8) is 0 Å². The first-order chi connectivity index (χ1) is 26.9. The molecule has 7 heteroatoms. The van der Waals surface area contributed by atoms with E-state index in [1.54, 1.807) is 0 Å². The number of rotatable bonds is 41. The van der Waals surface area contributed by atoms with Gasteiger partial charge in [0.2, 0.25) is 0 Å². The molecular weight excluding hydrogens is 689 g/mol. The van der Waals surface area contributed by atoms with E-state index in [2.05, 4.69) is 45.1 Å². The molecule has 0 rings (SSSR count). The van der Waals surface area contributed by atoms with Gasteiger partial charge in [0.25, 0.3) is 0 Å². The second kappa shape index (κ2) is 42.8. The summed E-state index contributed by atoms with van der Waals surface area (Å²) in [4.78, 5) is 36.8. The van der Waals surface area contributed by atoms with Crippen LogP contribution >= 0.6 is 0 Å². The summed E-state index contributed by atoms with van der Waals surface area (Å²) in [6.07, 6.45) is 43.7. The van der Waals surface area contributed by atoms with Crippen LogP contribution in [0.2, 0.25) is 0 Å². The van der Waals surface area contributed by atoms with E-state index in [0.717, 1.165) is 83.5 Å². The van der Waals surface area contributed by atoms with Crippen molar-refractivity contribution < 1.29 is 33.3 Å². The molecule has 0 saturated carbocycles. The number of carbonyl (C=O) groups excluding carboxylic acids is 3. The van der Waals surface area contributed by atoms with E-state index in [1.807, 2.05) is 6.92 Å². The standard InChI is InChI=1S/C48H88O7/c1-5-8-11-14-17-18-19-20-21-22-23-24-25-26-31-36-41-52-48(51)54-43-44(4)42-53-46(49)39-34-29-30-35-40-47(50)55-45(37-32-27-15-12-9-6-2)38-33-28-16-13-10-7-3/h17-18,20-21,44-45H,5-16,19,22-43H2,1-4H3/b18-17-,21-20-. The van der Waals surface area contributed by atoms with Crippen LogP contribution in [0.5, 0.6) is 0 Å². The van der Waals surface area contributed by atoms with Crippen molar-refractivity contribution in [1.82, 2.24) is 0 Å². The van der Waals surface area contributed by atoms with E-state index < -0.39 is 6.16 Å². The molecule has 0 radical (unpaired) electrons. The molecule has 0 aliphatic carbocycles. The van der Waals surface area contributed by atoms with Gasteiger partial charge in [0.15, 0.2) is 0 Å². The minimum atomic E-state index is -0.657. The molecule has 0 fully saturated rings. The zero-order valence-electron chi connectivity index (χ0n) is 36.6. The number of hydrogen-bond acceptors (Lipinski definition) is 7. The Balaban J connectivity index is 3.83. The minimum Gasteiger partial charge on any atom is -0.465 e. The second-order valence-electron chi connectivity index (χ2n) is 15.9. The van der Waals surface area contributed by atoms with E-state index in [9.17, 15) is 14.4 Å². The molecule has 322 valence electrons. The molecule has 0 heterocycles. The topological polar surface area (TPSA) is 88.1 Å². The lowest BCUT2D eigenvalue weighted by Crippen LogP contribution is -2.19. The van der Waals surface area contributed by atoms with E-state index >= 15 is 0 Å². The summed E-state index contributed by atoms with van der Waals surface area (Å²) >= 11 is 0. The maximum atomic E-state index is 12.6. The maximum absolute atomic E-state index is 12.6. The highest BCUT2D eigenvalue weighted by Gasteiger charge is 2.15. The van der Waals surface area contributed by atoms with Gasteiger partial charge in [-0.15, -0.1) is 0 Å². The van der Waals surface area contributed by atoms with E-state index in [1.165, 1.54) is 109 Å². The van der Waals surface area contributed by atoms with Crippen LogP contribution in [-0.4, -0.2) is 44.0 Å². The SMILES string of the molecule is CCCCC/C=C\C/C=C\CCCCCCCCOC(=O)OCC(C)COC(=O)CCCCCCC(=O)OC(CCCCCCCC)CCCCCCCC. The van der Waals surface area contributed by atoms with Gasteiger partial charge >= 0.3 is 18.1 Å². The molecule has 0 aromatic heterocycles. The molecule has 1 atom stereocenters. The zero-order valence-corrected chi connectivity index (χ0v) is 36.6. The van der Waals surface area contributed by atoms with Crippen LogP contribution in [0.1, 0.15) is 233 Å². The summed E-state index contributed by atoms with van der Waals surface area (Å²) in [5.41, 5.74) is 0. The minimum absolute atomic E-state index is 0.0591. The van der Waals surface area contributed by atoms with E-state index in [4.69, 9.17) is 18.9 Å². The normalized spacial score (nSPS) is 12.2. The summed E-state index contributed by atoms with van der Waals surface area (Å²) in [6, 6.07) is 0. The molecule has 0 aliphatic heterocycles. The molecule has 0 aromatic carbocycles. The van der Waals surface area contributed by atoms with Gasteiger partial charge in [-0.1, -0.05) is 168 Å². The summed E-state index contributed by atoms with van der Waals surface area (Å²) in [5, 5.41) is 0. The number of allylic oxidation sites excluding steroid dienone is 4. The van der Waals surface area contributed by atoms with Gasteiger partial charge in [0, 0.05) is 18.8 Å². The largest absolute Gasteiger partial charge is 0.508 e. The van der Waals surface area contributed by atoms with Crippen molar-refractivity contribution in [2.45, 2.75) is 239 Å². The fourth-order valence-electron chi connectivity index (χ4n) is 6.56. The fraction of sp³-hybridized carbons (Fsp3) is 0.854. The van der Waals surface area contributed by atoms with E-state index in [0.29, 0.717) is 19.4 Å².